The first-order valence-electron chi connectivity index (χ1n) is 6.83. The molecule has 0 aliphatic rings. The zero-order valence-corrected chi connectivity index (χ0v) is 13.1. The number of benzene rings is 1. The fourth-order valence-electron chi connectivity index (χ4n) is 2.06. The standard InChI is InChI=1S/C17H19FN2S/c1-13(17-6-4-10-21-17)20(2)12-15-8-7-14(5-3-9-19)11-16(15)18/h4,6-8,10-11,13H,9,12,19H2,1-2H3. The second-order valence-corrected chi connectivity index (χ2v) is 5.90. The smallest absolute Gasteiger partial charge is 0.128 e. The van der Waals surface area contributed by atoms with E-state index in [1.165, 1.54) is 10.9 Å². The third kappa shape index (κ3) is 4.15. The summed E-state index contributed by atoms with van der Waals surface area (Å²) in [6.45, 7) is 2.98. The summed E-state index contributed by atoms with van der Waals surface area (Å²) in [5.74, 6) is 5.36. The lowest BCUT2D eigenvalue weighted by molar-refractivity contribution is 0.253. The van der Waals surface area contributed by atoms with Gasteiger partial charge in [0.1, 0.15) is 5.82 Å². The maximum absolute atomic E-state index is 14.1. The van der Waals surface area contributed by atoms with E-state index in [0.29, 0.717) is 17.7 Å². The minimum atomic E-state index is -0.218. The molecule has 0 spiro atoms. The summed E-state index contributed by atoms with van der Waals surface area (Å²) in [5.41, 5.74) is 6.66. The number of thiophene rings is 1. The van der Waals surface area contributed by atoms with Crippen molar-refractivity contribution in [3.05, 3.63) is 57.5 Å². The van der Waals surface area contributed by atoms with Crippen LogP contribution in [0, 0.1) is 17.7 Å². The van der Waals surface area contributed by atoms with Gasteiger partial charge in [-0.2, -0.15) is 0 Å². The summed E-state index contributed by atoms with van der Waals surface area (Å²) in [5, 5.41) is 2.06. The first-order chi connectivity index (χ1) is 10.1. The maximum Gasteiger partial charge on any atom is 0.128 e. The van der Waals surface area contributed by atoms with Gasteiger partial charge in [-0.15, -0.1) is 11.3 Å². The van der Waals surface area contributed by atoms with E-state index < -0.39 is 0 Å². The van der Waals surface area contributed by atoms with Crippen molar-refractivity contribution in [3.8, 4) is 11.8 Å². The van der Waals surface area contributed by atoms with Crippen LogP contribution in [0.4, 0.5) is 4.39 Å². The lowest BCUT2D eigenvalue weighted by Gasteiger charge is -2.24. The predicted octanol–water partition coefficient (Wildman–Crippen LogP) is 3.39. The van der Waals surface area contributed by atoms with Crippen LogP contribution in [0.3, 0.4) is 0 Å². The molecular formula is C17H19FN2S. The molecular weight excluding hydrogens is 283 g/mol. The first-order valence-corrected chi connectivity index (χ1v) is 7.70. The van der Waals surface area contributed by atoms with Crippen LogP contribution in [0.25, 0.3) is 0 Å². The summed E-state index contributed by atoms with van der Waals surface area (Å²) in [6.07, 6.45) is 0. The molecule has 21 heavy (non-hydrogen) atoms. The average Bonchev–Trinajstić information content (AvgIpc) is 3.01. The van der Waals surface area contributed by atoms with Gasteiger partial charge < -0.3 is 5.73 Å². The molecule has 1 atom stereocenters. The number of hydrogen-bond acceptors (Lipinski definition) is 3. The Balaban J connectivity index is 2.09. The molecule has 1 unspecified atom stereocenters. The zero-order valence-electron chi connectivity index (χ0n) is 12.3. The number of nitrogens with zero attached hydrogens (tertiary/aromatic N) is 1. The summed E-state index contributed by atoms with van der Waals surface area (Å²) < 4.78 is 14.1. The Morgan fingerprint density at radius 1 is 1.38 bits per heavy atom. The van der Waals surface area contributed by atoms with E-state index in [-0.39, 0.29) is 18.4 Å². The highest BCUT2D eigenvalue weighted by molar-refractivity contribution is 7.10. The minimum Gasteiger partial charge on any atom is -0.320 e. The van der Waals surface area contributed by atoms with Crippen molar-refractivity contribution in [1.82, 2.24) is 4.90 Å². The number of nitrogens with two attached hydrogens (primary N) is 1. The molecule has 1 aromatic heterocycles. The summed E-state index contributed by atoms with van der Waals surface area (Å²) in [4.78, 5) is 3.42. The predicted molar refractivity (Wildman–Crippen MR) is 86.5 cm³/mol. The van der Waals surface area contributed by atoms with Crippen molar-refractivity contribution in [2.75, 3.05) is 13.6 Å². The van der Waals surface area contributed by atoms with Gasteiger partial charge in [0, 0.05) is 28.6 Å². The monoisotopic (exact) mass is 302 g/mol. The molecule has 0 saturated carbocycles. The quantitative estimate of drug-likeness (QED) is 0.877. The molecule has 2 nitrogen and oxygen atoms in total. The Morgan fingerprint density at radius 3 is 2.81 bits per heavy atom. The molecule has 0 fully saturated rings. The van der Waals surface area contributed by atoms with Gasteiger partial charge in [0.2, 0.25) is 0 Å². The number of hydrogen-bond donors (Lipinski definition) is 1. The molecule has 1 heterocycles. The van der Waals surface area contributed by atoms with Crippen molar-refractivity contribution in [3.63, 3.8) is 0 Å². The second kappa shape index (κ2) is 7.37. The van der Waals surface area contributed by atoms with Gasteiger partial charge >= 0.3 is 0 Å². The fourth-order valence-corrected chi connectivity index (χ4v) is 2.91. The average molecular weight is 302 g/mol. The van der Waals surface area contributed by atoms with Crippen LogP contribution in [0.2, 0.25) is 0 Å². The van der Waals surface area contributed by atoms with Crippen LogP contribution in [-0.2, 0) is 6.54 Å². The molecule has 2 rings (SSSR count). The normalized spacial score (nSPS) is 12.0. The van der Waals surface area contributed by atoms with E-state index in [0.717, 1.165) is 0 Å². The molecule has 0 saturated heterocycles. The maximum atomic E-state index is 14.1. The SMILES string of the molecule is CC(c1cccs1)N(C)Cc1ccc(C#CCN)cc1F. The van der Waals surface area contributed by atoms with E-state index in [4.69, 9.17) is 5.73 Å². The molecule has 2 aromatic rings. The highest BCUT2D eigenvalue weighted by Crippen LogP contribution is 2.25. The van der Waals surface area contributed by atoms with Gasteiger partial charge in [0.25, 0.3) is 0 Å². The van der Waals surface area contributed by atoms with Crippen molar-refractivity contribution >= 4 is 11.3 Å². The summed E-state index contributed by atoms with van der Waals surface area (Å²) in [6, 6.07) is 9.52. The molecule has 0 amide bonds. The van der Waals surface area contributed by atoms with Crippen LogP contribution in [0.1, 0.15) is 29.0 Å². The second-order valence-electron chi connectivity index (χ2n) is 4.92. The Hall–Kier alpha value is -1.67. The molecule has 110 valence electrons. The Labute approximate surface area is 129 Å². The molecule has 0 aliphatic heterocycles. The van der Waals surface area contributed by atoms with Gasteiger partial charge in [-0.3, -0.25) is 4.90 Å². The third-order valence-electron chi connectivity index (χ3n) is 3.42. The van der Waals surface area contributed by atoms with Gasteiger partial charge in [-0.1, -0.05) is 24.0 Å². The Kier molecular flexibility index (Phi) is 5.51. The topological polar surface area (TPSA) is 29.3 Å². The van der Waals surface area contributed by atoms with Gasteiger partial charge in [0.15, 0.2) is 0 Å². The Morgan fingerprint density at radius 2 is 2.19 bits per heavy atom. The Bertz CT molecular complexity index is 641. The van der Waals surface area contributed by atoms with E-state index in [1.807, 2.05) is 19.2 Å². The molecule has 4 heteroatoms. The van der Waals surface area contributed by atoms with Crippen molar-refractivity contribution in [2.45, 2.75) is 19.5 Å². The first kappa shape index (κ1) is 15.7. The molecule has 0 radical (unpaired) electrons. The molecule has 0 aliphatic carbocycles. The minimum absolute atomic E-state index is 0.218. The van der Waals surface area contributed by atoms with Crippen molar-refractivity contribution < 1.29 is 4.39 Å². The number of halogens is 1. The van der Waals surface area contributed by atoms with Crippen molar-refractivity contribution in [1.29, 1.82) is 0 Å². The lowest BCUT2D eigenvalue weighted by atomic mass is 10.1. The van der Waals surface area contributed by atoms with Crippen LogP contribution in [0.15, 0.2) is 35.7 Å². The van der Waals surface area contributed by atoms with Crippen LogP contribution >= 0.6 is 11.3 Å². The molecule has 2 N–H and O–H groups in total. The van der Waals surface area contributed by atoms with E-state index in [9.17, 15) is 4.39 Å². The fraction of sp³-hybridized carbons (Fsp3) is 0.294. The van der Waals surface area contributed by atoms with Gasteiger partial charge in [-0.25, -0.2) is 4.39 Å². The summed E-state index contributed by atoms with van der Waals surface area (Å²) in [7, 11) is 2.01. The third-order valence-corrected chi connectivity index (χ3v) is 4.47. The zero-order chi connectivity index (χ0) is 15.2. The van der Waals surface area contributed by atoms with Crippen LogP contribution < -0.4 is 5.73 Å². The van der Waals surface area contributed by atoms with E-state index in [1.54, 1.807) is 17.4 Å². The van der Waals surface area contributed by atoms with Gasteiger partial charge in [0.05, 0.1) is 6.54 Å². The summed E-state index contributed by atoms with van der Waals surface area (Å²) >= 11 is 1.72. The van der Waals surface area contributed by atoms with Crippen LogP contribution in [0.5, 0.6) is 0 Å². The molecule has 0 bridgehead atoms. The number of rotatable bonds is 4. The van der Waals surface area contributed by atoms with Crippen molar-refractivity contribution in [2.24, 2.45) is 5.73 Å². The van der Waals surface area contributed by atoms with Crippen LogP contribution in [-0.4, -0.2) is 18.5 Å². The highest BCUT2D eigenvalue weighted by atomic mass is 32.1. The van der Waals surface area contributed by atoms with Gasteiger partial charge in [-0.05, 0) is 37.6 Å². The lowest BCUT2D eigenvalue weighted by Crippen LogP contribution is -2.21. The molecule has 1 aromatic carbocycles. The van der Waals surface area contributed by atoms with E-state index >= 15 is 0 Å². The van der Waals surface area contributed by atoms with E-state index in [2.05, 4.69) is 35.1 Å². The highest BCUT2D eigenvalue weighted by Gasteiger charge is 2.14. The largest absolute Gasteiger partial charge is 0.320 e.